The zero-order valence-electron chi connectivity index (χ0n) is 11.9. The summed E-state index contributed by atoms with van der Waals surface area (Å²) >= 11 is 1.25. The first-order chi connectivity index (χ1) is 11.0. The number of carbonyl (C=O) groups is 2. The molecule has 7 nitrogen and oxygen atoms in total. The zero-order chi connectivity index (χ0) is 16.8. The average molecular weight is 331 g/mol. The number of hydrogen-bond donors (Lipinski definition) is 2. The molecule has 0 unspecified atom stereocenters. The molecule has 2 aromatic carbocycles. The molecule has 2 amide bonds. The lowest BCUT2D eigenvalue weighted by molar-refractivity contribution is -0.384. The van der Waals surface area contributed by atoms with E-state index in [1.807, 2.05) is 0 Å². The molecule has 0 saturated carbocycles. The minimum atomic E-state index is -0.568. The molecule has 0 aliphatic carbocycles. The van der Waals surface area contributed by atoms with Crippen LogP contribution in [0.2, 0.25) is 0 Å². The van der Waals surface area contributed by atoms with E-state index in [4.69, 9.17) is 5.73 Å². The second-order valence-corrected chi connectivity index (χ2v) is 5.58. The van der Waals surface area contributed by atoms with E-state index < -0.39 is 10.8 Å². The number of amides is 2. The number of rotatable bonds is 6. The number of nitrogens with one attached hydrogen (secondary N) is 1. The number of carbonyl (C=O) groups excluding carboxylic acids is 2. The first-order valence-corrected chi connectivity index (χ1v) is 7.51. The van der Waals surface area contributed by atoms with Crippen molar-refractivity contribution in [3.63, 3.8) is 0 Å². The van der Waals surface area contributed by atoms with Gasteiger partial charge in [-0.15, -0.1) is 11.8 Å². The molecule has 0 bridgehead atoms. The van der Waals surface area contributed by atoms with Crippen LogP contribution in [-0.2, 0) is 4.79 Å². The van der Waals surface area contributed by atoms with Crippen LogP contribution in [0.3, 0.4) is 0 Å². The molecule has 0 aliphatic rings. The Balaban J connectivity index is 1.91. The van der Waals surface area contributed by atoms with Crippen LogP contribution >= 0.6 is 11.8 Å². The lowest BCUT2D eigenvalue weighted by Gasteiger charge is -2.06. The molecule has 0 aliphatic heterocycles. The summed E-state index contributed by atoms with van der Waals surface area (Å²) in [6, 6.07) is 12.3. The molecule has 118 valence electrons. The van der Waals surface area contributed by atoms with Gasteiger partial charge in [0, 0.05) is 28.3 Å². The molecule has 0 heterocycles. The first kappa shape index (κ1) is 16.5. The highest BCUT2D eigenvalue weighted by Gasteiger charge is 2.08. The molecule has 0 atom stereocenters. The van der Waals surface area contributed by atoms with Crippen LogP contribution < -0.4 is 11.1 Å². The maximum Gasteiger partial charge on any atom is 0.269 e. The molecule has 0 radical (unpaired) electrons. The van der Waals surface area contributed by atoms with E-state index >= 15 is 0 Å². The first-order valence-electron chi connectivity index (χ1n) is 6.52. The van der Waals surface area contributed by atoms with Gasteiger partial charge in [-0.05, 0) is 30.3 Å². The third kappa shape index (κ3) is 4.82. The number of nitrogens with zero attached hydrogens (tertiary/aromatic N) is 1. The van der Waals surface area contributed by atoms with Crippen LogP contribution in [0.15, 0.2) is 53.4 Å². The fourth-order valence-electron chi connectivity index (χ4n) is 1.76. The molecule has 23 heavy (non-hydrogen) atoms. The van der Waals surface area contributed by atoms with Gasteiger partial charge in [0.1, 0.15) is 0 Å². The SMILES string of the molecule is NC(=O)c1cccc(NC(=O)CSc2ccc([N+](=O)[O-])cc2)c1. The summed E-state index contributed by atoms with van der Waals surface area (Å²) in [7, 11) is 0. The standard InChI is InChI=1S/C15H13N3O4S/c16-15(20)10-2-1-3-11(8-10)17-14(19)9-23-13-6-4-12(5-7-13)18(21)22/h1-8H,9H2,(H2,16,20)(H,17,19). The van der Waals surface area contributed by atoms with Crippen molar-refractivity contribution in [3.05, 3.63) is 64.2 Å². The lowest BCUT2D eigenvalue weighted by atomic mass is 10.2. The number of nitro groups is 1. The predicted octanol–water partition coefficient (Wildman–Crippen LogP) is 2.42. The molecule has 2 aromatic rings. The van der Waals surface area contributed by atoms with E-state index in [0.717, 1.165) is 4.90 Å². The summed E-state index contributed by atoms with van der Waals surface area (Å²) in [5.74, 6) is -0.685. The van der Waals surface area contributed by atoms with Crippen molar-refractivity contribution in [1.82, 2.24) is 0 Å². The number of primary amides is 1. The number of anilines is 1. The monoisotopic (exact) mass is 331 g/mol. The summed E-state index contributed by atoms with van der Waals surface area (Å²) in [5, 5.41) is 13.2. The van der Waals surface area contributed by atoms with Gasteiger partial charge in [0.2, 0.25) is 11.8 Å². The Morgan fingerprint density at radius 1 is 1.17 bits per heavy atom. The number of nitrogens with two attached hydrogens (primary N) is 1. The Hall–Kier alpha value is -2.87. The van der Waals surface area contributed by atoms with Gasteiger partial charge < -0.3 is 11.1 Å². The maximum absolute atomic E-state index is 11.9. The second-order valence-electron chi connectivity index (χ2n) is 4.53. The van der Waals surface area contributed by atoms with Gasteiger partial charge in [0.25, 0.3) is 5.69 Å². The topological polar surface area (TPSA) is 115 Å². The van der Waals surface area contributed by atoms with E-state index in [9.17, 15) is 19.7 Å². The molecule has 0 spiro atoms. The van der Waals surface area contributed by atoms with Crippen LogP contribution in [0.5, 0.6) is 0 Å². The highest BCUT2D eigenvalue weighted by Crippen LogP contribution is 2.21. The Kier molecular flexibility index (Phi) is 5.32. The lowest BCUT2D eigenvalue weighted by Crippen LogP contribution is -2.15. The van der Waals surface area contributed by atoms with Gasteiger partial charge in [0.05, 0.1) is 10.7 Å². The van der Waals surface area contributed by atoms with Gasteiger partial charge in [-0.2, -0.15) is 0 Å². The summed E-state index contributed by atoms with van der Waals surface area (Å²) < 4.78 is 0. The van der Waals surface area contributed by atoms with Gasteiger partial charge >= 0.3 is 0 Å². The zero-order valence-corrected chi connectivity index (χ0v) is 12.7. The maximum atomic E-state index is 11.9. The van der Waals surface area contributed by atoms with Gasteiger partial charge in [-0.1, -0.05) is 6.07 Å². The summed E-state index contributed by atoms with van der Waals surface area (Å²) in [4.78, 5) is 33.8. The molecular formula is C15H13N3O4S. The third-order valence-electron chi connectivity index (χ3n) is 2.85. The van der Waals surface area contributed by atoms with Crippen molar-refractivity contribution in [2.24, 2.45) is 5.73 Å². The van der Waals surface area contributed by atoms with Gasteiger partial charge in [-0.3, -0.25) is 19.7 Å². The van der Waals surface area contributed by atoms with Crippen molar-refractivity contribution in [2.45, 2.75) is 4.90 Å². The van der Waals surface area contributed by atoms with E-state index in [1.165, 1.54) is 30.0 Å². The number of hydrogen-bond acceptors (Lipinski definition) is 5. The molecule has 8 heteroatoms. The largest absolute Gasteiger partial charge is 0.366 e. The minimum Gasteiger partial charge on any atom is -0.366 e. The van der Waals surface area contributed by atoms with E-state index in [1.54, 1.807) is 30.3 Å². The summed E-state index contributed by atoms with van der Waals surface area (Å²) in [5.41, 5.74) is 5.97. The Morgan fingerprint density at radius 2 is 1.87 bits per heavy atom. The van der Waals surface area contributed by atoms with E-state index in [0.29, 0.717) is 11.3 Å². The number of benzene rings is 2. The van der Waals surface area contributed by atoms with E-state index in [-0.39, 0.29) is 17.3 Å². The van der Waals surface area contributed by atoms with Crippen LogP contribution in [0.4, 0.5) is 11.4 Å². The molecular weight excluding hydrogens is 318 g/mol. The van der Waals surface area contributed by atoms with Crippen molar-refractivity contribution >= 4 is 35.0 Å². The van der Waals surface area contributed by atoms with Crippen LogP contribution in [0.1, 0.15) is 10.4 Å². The van der Waals surface area contributed by atoms with Crippen molar-refractivity contribution < 1.29 is 14.5 Å². The summed E-state index contributed by atoms with van der Waals surface area (Å²) in [6.45, 7) is 0. The highest BCUT2D eigenvalue weighted by molar-refractivity contribution is 8.00. The Morgan fingerprint density at radius 3 is 2.48 bits per heavy atom. The van der Waals surface area contributed by atoms with Crippen molar-refractivity contribution in [3.8, 4) is 0 Å². The van der Waals surface area contributed by atoms with E-state index in [2.05, 4.69) is 5.32 Å². The normalized spacial score (nSPS) is 10.1. The summed E-state index contributed by atoms with van der Waals surface area (Å²) in [6.07, 6.45) is 0. The molecule has 0 saturated heterocycles. The van der Waals surface area contributed by atoms with Crippen LogP contribution in [0, 0.1) is 10.1 Å². The molecule has 0 aromatic heterocycles. The Bertz CT molecular complexity index is 747. The fourth-order valence-corrected chi connectivity index (χ4v) is 2.46. The fraction of sp³-hybridized carbons (Fsp3) is 0.0667. The number of nitro benzene ring substituents is 1. The Labute approximate surface area is 136 Å². The second kappa shape index (κ2) is 7.41. The quantitative estimate of drug-likeness (QED) is 0.479. The molecule has 2 rings (SSSR count). The predicted molar refractivity (Wildman–Crippen MR) is 87.4 cm³/mol. The highest BCUT2D eigenvalue weighted by atomic mass is 32.2. The van der Waals surface area contributed by atoms with Gasteiger partial charge in [-0.25, -0.2) is 0 Å². The van der Waals surface area contributed by atoms with Crippen molar-refractivity contribution in [1.29, 1.82) is 0 Å². The number of non-ortho nitro benzene ring substituents is 1. The van der Waals surface area contributed by atoms with Crippen molar-refractivity contribution in [2.75, 3.05) is 11.1 Å². The minimum absolute atomic E-state index is 0.00192. The van der Waals surface area contributed by atoms with Crippen LogP contribution in [0.25, 0.3) is 0 Å². The number of thioether (sulfide) groups is 1. The van der Waals surface area contributed by atoms with Gasteiger partial charge in [0.15, 0.2) is 0 Å². The van der Waals surface area contributed by atoms with Crippen LogP contribution in [-0.4, -0.2) is 22.5 Å². The third-order valence-corrected chi connectivity index (χ3v) is 3.86. The molecule has 0 fully saturated rings. The smallest absolute Gasteiger partial charge is 0.269 e. The average Bonchev–Trinajstić information content (AvgIpc) is 2.53. The molecule has 3 N–H and O–H groups in total.